The van der Waals surface area contributed by atoms with Gasteiger partial charge in [0.1, 0.15) is 5.01 Å². The van der Waals surface area contributed by atoms with Gasteiger partial charge in [0.15, 0.2) is 0 Å². The van der Waals surface area contributed by atoms with Crippen LogP contribution >= 0.6 is 45.8 Å². The van der Waals surface area contributed by atoms with Crippen molar-refractivity contribution >= 4 is 45.8 Å². The highest BCUT2D eigenvalue weighted by Crippen LogP contribution is 2.38. The van der Waals surface area contributed by atoms with Crippen LogP contribution in [0, 0.1) is 0 Å². The fourth-order valence-corrected chi connectivity index (χ4v) is 4.84. The largest absolute Gasteiger partial charge is 0.235 e. The highest BCUT2D eigenvalue weighted by atomic mass is 32.2. The van der Waals surface area contributed by atoms with Crippen LogP contribution in [0.25, 0.3) is 21.1 Å². The molecule has 86 valence electrons. The molecule has 0 saturated heterocycles. The molecule has 0 saturated carbocycles. The summed E-state index contributed by atoms with van der Waals surface area (Å²) in [7, 11) is 0. The maximum atomic E-state index is 4.73. The van der Waals surface area contributed by atoms with Crippen molar-refractivity contribution < 1.29 is 0 Å². The van der Waals surface area contributed by atoms with Gasteiger partial charge in [0.05, 0.1) is 14.8 Å². The van der Waals surface area contributed by atoms with Gasteiger partial charge in [-0.05, 0) is 29.1 Å². The van der Waals surface area contributed by atoms with Crippen molar-refractivity contribution in [3.63, 3.8) is 0 Å². The molecule has 0 aliphatic rings. The van der Waals surface area contributed by atoms with Gasteiger partial charge in [-0.25, -0.2) is 4.98 Å². The molecule has 0 spiro atoms. The molecule has 3 aromatic heterocycles. The molecule has 3 heterocycles. The predicted octanol–water partition coefficient (Wildman–Crippen LogP) is 5.32. The molecular weight excluding hydrogens is 286 g/mol. The summed E-state index contributed by atoms with van der Waals surface area (Å²) in [6.07, 6.45) is 2.11. The molecular formula is C12H9NS4. The van der Waals surface area contributed by atoms with Gasteiger partial charge in [0, 0.05) is 10.9 Å². The Morgan fingerprint density at radius 2 is 2.06 bits per heavy atom. The smallest absolute Gasteiger partial charge is 0.126 e. The second kappa shape index (κ2) is 4.94. The molecule has 3 rings (SSSR count). The average molecular weight is 295 g/mol. The highest BCUT2D eigenvalue weighted by Gasteiger charge is 2.11. The summed E-state index contributed by atoms with van der Waals surface area (Å²) < 4.78 is 1.34. The molecule has 0 fully saturated rings. The third kappa shape index (κ3) is 2.20. The van der Waals surface area contributed by atoms with Crippen molar-refractivity contribution in [2.45, 2.75) is 4.21 Å². The lowest BCUT2D eigenvalue weighted by Gasteiger charge is -1.95. The second-order valence-corrected chi connectivity index (χ2v) is 7.14. The molecule has 1 nitrogen and oxygen atoms in total. The molecule has 5 heteroatoms. The fraction of sp³-hybridized carbons (Fsp3) is 0.0833. The van der Waals surface area contributed by atoms with Gasteiger partial charge < -0.3 is 0 Å². The van der Waals surface area contributed by atoms with E-state index in [1.165, 1.54) is 14.6 Å². The SMILES string of the molecule is CSc1sccc1-c1nc(-c2cccs2)cs1. The van der Waals surface area contributed by atoms with Crippen molar-refractivity contribution in [1.29, 1.82) is 0 Å². The third-order valence-corrected chi connectivity index (χ3v) is 6.18. The van der Waals surface area contributed by atoms with Crippen LogP contribution in [-0.2, 0) is 0 Å². The van der Waals surface area contributed by atoms with Gasteiger partial charge in [-0.15, -0.1) is 45.8 Å². The molecule has 0 atom stereocenters. The lowest BCUT2D eigenvalue weighted by atomic mass is 10.3. The van der Waals surface area contributed by atoms with E-state index >= 15 is 0 Å². The Morgan fingerprint density at radius 3 is 2.82 bits per heavy atom. The molecule has 0 aromatic carbocycles. The maximum Gasteiger partial charge on any atom is 0.126 e. The van der Waals surface area contributed by atoms with Crippen LogP contribution in [0.1, 0.15) is 0 Å². The number of hydrogen-bond donors (Lipinski definition) is 0. The Balaban J connectivity index is 2.01. The fourth-order valence-electron chi connectivity index (χ4n) is 1.55. The van der Waals surface area contributed by atoms with Gasteiger partial charge in [0.25, 0.3) is 0 Å². The molecule has 0 aliphatic carbocycles. The zero-order valence-electron chi connectivity index (χ0n) is 9.04. The molecule has 0 aliphatic heterocycles. The van der Waals surface area contributed by atoms with Crippen LogP contribution in [0.3, 0.4) is 0 Å². The minimum atomic E-state index is 1.10. The van der Waals surface area contributed by atoms with Gasteiger partial charge in [0.2, 0.25) is 0 Å². The number of aromatic nitrogens is 1. The van der Waals surface area contributed by atoms with Crippen LogP contribution in [-0.4, -0.2) is 11.2 Å². The molecule has 0 unspecified atom stereocenters. The normalized spacial score (nSPS) is 10.9. The number of thioether (sulfide) groups is 1. The van der Waals surface area contributed by atoms with Crippen LogP contribution in [0.5, 0.6) is 0 Å². The summed E-state index contributed by atoms with van der Waals surface area (Å²) >= 11 is 7.04. The minimum absolute atomic E-state index is 1.10. The second-order valence-electron chi connectivity index (χ2n) is 3.34. The van der Waals surface area contributed by atoms with Crippen molar-refractivity contribution in [3.8, 4) is 21.1 Å². The topological polar surface area (TPSA) is 12.9 Å². The van der Waals surface area contributed by atoms with Gasteiger partial charge in [-0.3, -0.25) is 0 Å². The van der Waals surface area contributed by atoms with E-state index in [-0.39, 0.29) is 0 Å². The molecule has 0 bridgehead atoms. The van der Waals surface area contributed by atoms with Crippen molar-refractivity contribution in [1.82, 2.24) is 4.98 Å². The lowest BCUT2D eigenvalue weighted by molar-refractivity contribution is 1.41. The first-order valence-electron chi connectivity index (χ1n) is 5.00. The number of hydrogen-bond acceptors (Lipinski definition) is 5. The summed E-state index contributed by atoms with van der Waals surface area (Å²) in [5.74, 6) is 0. The van der Waals surface area contributed by atoms with Crippen molar-refractivity contribution in [2.75, 3.05) is 6.26 Å². The highest BCUT2D eigenvalue weighted by molar-refractivity contribution is 8.00. The molecule has 17 heavy (non-hydrogen) atoms. The van der Waals surface area contributed by atoms with E-state index in [0.29, 0.717) is 0 Å². The van der Waals surface area contributed by atoms with Crippen LogP contribution in [0.15, 0.2) is 38.5 Å². The Hall–Kier alpha value is -0.620. The molecule has 3 aromatic rings. The standard InChI is InChI=1S/C12H9NS4/c1-14-12-8(4-6-16-12)11-13-9(7-17-11)10-3-2-5-15-10/h2-7H,1H3. The van der Waals surface area contributed by atoms with E-state index < -0.39 is 0 Å². The van der Waals surface area contributed by atoms with Crippen molar-refractivity contribution in [3.05, 3.63) is 34.3 Å². The maximum absolute atomic E-state index is 4.73. The monoisotopic (exact) mass is 295 g/mol. The Morgan fingerprint density at radius 1 is 1.12 bits per heavy atom. The molecule has 0 amide bonds. The van der Waals surface area contributed by atoms with E-state index in [9.17, 15) is 0 Å². The van der Waals surface area contributed by atoms with Gasteiger partial charge in [-0.1, -0.05) is 6.07 Å². The van der Waals surface area contributed by atoms with E-state index in [4.69, 9.17) is 4.98 Å². The first-order valence-corrected chi connectivity index (χ1v) is 8.86. The van der Waals surface area contributed by atoms with Gasteiger partial charge in [-0.2, -0.15) is 0 Å². The average Bonchev–Trinajstić information content (AvgIpc) is 3.09. The van der Waals surface area contributed by atoms with E-state index in [1.807, 2.05) is 0 Å². The number of thiazole rings is 1. The van der Waals surface area contributed by atoms with Crippen LogP contribution < -0.4 is 0 Å². The lowest BCUT2D eigenvalue weighted by Crippen LogP contribution is -1.75. The van der Waals surface area contributed by atoms with E-state index in [1.54, 1.807) is 45.8 Å². The first kappa shape index (κ1) is 11.5. The molecule has 0 radical (unpaired) electrons. The van der Waals surface area contributed by atoms with E-state index in [0.717, 1.165) is 10.7 Å². The Kier molecular flexibility index (Phi) is 3.33. The summed E-state index contributed by atoms with van der Waals surface area (Å²) in [4.78, 5) is 5.97. The number of rotatable bonds is 3. The van der Waals surface area contributed by atoms with Crippen LogP contribution in [0.4, 0.5) is 0 Å². The first-order chi connectivity index (χ1) is 8.38. The van der Waals surface area contributed by atoms with Crippen molar-refractivity contribution in [2.24, 2.45) is 0 Å². The number of nitrogens with zero attached hydrogens (tertiary/aromatic N) is 1. The van der Waals surface area contributed by atoms with E-state index in [2.05, 4.69) is 40.6 Å². The summed E-state index contributed by atoms with van der Waals surface area (Å²) in [5, 5.41) is 7.49. The zero-order valence-corrected chi connectivity index (χ0v) is 12.3. The summed E-state index contributed by atoms with van der Waals surface area (Å²) in [6.45, 7) is 0. The minimum Gasteiger partial charge on any atom is -0.235 e. The van der Waals surface area contributed by atoms with Crippen LogP contribution in [0.2, 0.25) is 0 Å². The summed E-state index contributed by atoms with van der Waals surface area (Å²) in [6, 6.07) is 6.34. The Labute approximate surface area is 116 Å². The summed E-state index contributed by atoms with van der Waals surface area (Å²) in [5.41, 5.74) is 2.37. The predicted molar refractivity (Wildman–Crippen MR) is 80.5 cm³/mol. The molecule has 0 N–H and O–H groups in total. The van der Waals surface area contributed by atoms with Gasteiger partial charge >= 0.3 is 0 Å². The zero-order chi connectivity index (χ0) is 11.7. The quantitative estimate of drug-likeness (QED) is 0.606. The number of thiophene rings is 2. The Bertz CT molecular complexity index is 606. The third-order valence-electron chi connectivity index (χ3n) is 2.32.